The quantitative estimate of drug-likeness (QED) is 0.733. The van der Waals surface area contributed by atoms with Crippen LogP contribution in [0.3, 0.4) is 0 Å². The zero-order valence-corrected chi connectivity index (χ0v) is 12.5. The molecule has 0 aliphatic heterocycles. The fraction of sp³-hybridized carbons (Fsp3) is 0.400. The standard InChI is InChI=1S/C15H19N3O3/c1-4-7-18-15(16-10-17-18)9-21-14-8-12(20-3)5-6-13(14)11(2)19/h5-6,8,10H,4,7,9H2,1-3H3. The van der Waals surface area contributed by atoms with Crippen molar-refractivity contribution in [2.75, 3.05) is 7.11 Å². The third-order valence-corrected chi connectivity index (χ3v) is 3.06. The van der Waals surface area contributed by atoms with E-state index in [1.54, 1.807) is 30.0 Å². The summed E-state index contributed by atoms with van der Waals surface area (Å²) in [5, 5.41) is 4.14. The minimum absolute atomic E-state index is 0.0531. The molecule has 0 radical (unpaired) electrons. The van der Waals surface area contributed by atoms with Crippen LogP contribution in [0.1, 0.15) is 36.5 Å². The first-order valence-electron chi connectivity index (χ1n) is 6.84. The van der Waals surface area contributed by atoms with Crippen molar-refractivity contribution in [2.24, 2.45) is 0 Å². The van der Waals surface area contributed by atoms with E-state index in [1.165, 1.54) is 13.3 Å². The van der Waals surface area contributed by atoms with E-state index in [-0.39, 0.29) is 12.4 Å². The molecule has 0 amide bonds. The lowest BCUT2D eigenvalue weighted by Gasteiger charge is -2.11. The van der Waals surface area contributed by atoms with Crippen LogP contribution in [0.15, 0.2) is 24.5 Å². The van der Waals surface area contributed by atoms with Gasteiger partial charge in [-0.05, 0) is 25.5 Å². The minimum atomic E-state index is -0.0531. The molecule has 0 aliphatic carbocycles. The summed E-state index contributed by atoms with van der Waals surface area (Å²) < 4.78 is 12.7. The Labute approximate surface area is 123 Å². The Morgan fingerprint density at radius 3 is 2.86 bits per heavy atom. The van der Waals surface area contributed by atoms with Gasteiger partial charge in [-0.15, -0.1) is 0 Å². The second-order valence-electron chi connectivity index (χ2n) is 4.61. The van der Waals surface area contributed by atoms with E-state index < -0.39 is 0 Å². The zero-order valence-electron chi connectivity index (χ0n) is 12.5. The average Bonchev–Trinajstić information content (AvgIpc) is 2.92. The second-order valence-corrected chi connectivity index (χ2v) is 4.61. The number of rotatable bonds is 7. The third kappa shape index (κ3) is 3.59. The molecule has 2 rings (SSSR count). The number of methoxy groups -OCH3 is 1. The molecule has 0 saturated carbocycles. The van der Waals surface area contributed by atoms with Gasteiger partial charge in [-0.2, -0.15) is 5.10 Å². The van der Waals surface area contributed by atoms with Crippen LogP contribution < -0.4 is 9.47 Å². The highest BCUT2D eigenvalue weighted by molar-refractivity contribution is 5.97. The van der Waals surface area contributed by atoms with Crippen LogP contribution in [0.25, 0.3) is 0 Å². The second kappa shape index (κ2) is 6.88. The van der Waals surface area contributed by atoms with Crippen LogP contribution in [0.5, 0.6) is 11.5 Å². The Balaban J connectivity index is 2.18. The Kier molecular flexibility index (Phi) is 4.92. The molecule has 6 nitrogen and oxygen atoms in total. The number of hydrogen-bond acceptors (Lipinski definition) is 5. The van der Waals surface area contributed by atoms with E-state index in [0.717, 1.165) is 18.8 Å². The molecular weight excluding hydrogens is 270 g/mol. The van der Waals surface area contributed by atoms with E-state index in [9.17, 15) is 4.79 Å². The van der Waals surface area contributed by atoms with Crippen molar-refractivity contribution in [3.63, 3.8) is 0 Å². The largest absolute Gasteiger partial charge is 0.497 e. The lowest BCUT2D eigenvalue weighted by Crippen LogP contribution is -2.09. The molecule has 0 N–H and O–H groups in total. The van der Waals surface area contributed by atoms with Gasteiger partial charge >= 0.3 is 0 Å². The highest BCUT2D eigenvalue weighted by Crippen LogP contribution is 2.26. The van der Waals surface area contributed by atoms with Crippen molar-refractivity contribution in [1.82, 2.24) is 14.8 Å². The zero-order chi connectivity index (χ0) is 15.2. The van der Waals surface area contributed by atoms with Crippen molar-refractivity contribution < 1.29 is 14.3 Å². The van der Waals surface area contributed by atoms with Gasteiger partial charge in [-0.3, -0.25) is 4.79 Å². The van der Waals surface area contributed by atoms with Gasteiger partial charge in [-0.25, -0.2) is 9.67 Å². The van der Waals surface area contributed by atoms with Crippen LogP contribution in [-0.4, -0.2) is 27.7 Å². The van der Waals surface area contributed by atoms with E-state index >= 15 is 0 Å². The van der Waals surface area contributed by atoms with Gasteiger partial charge in [0, 0.05) is 12.6 Å². The third-order valence-electron chi connectivity index (χ3n) is 3.06. The summed E-state index contributed by atoms with van der Waals surface area (Å²) in [6.07, 6.45) is 2.47. The number of aryl methyl sites for hydroxylation is 1. The van der Waals surface area contributed by atoms with Gasteiger partial charge in [0.05, 0.1) is 12.7 Å². The first kappa shape index (κ1) is 15.0. The average molecular weight is 289 g/mol. The molecule has 0 saturated heterocycles. The smallest absolute Gasteiger partial charge is 0.164 e. The van der Waals surface area contributed by atoms with Gasteiger partial charge in [0.25, 0.3) is 0 Å². The monoisotopic (exact) mass is 289 g/mol. The molecule has 0 aliphatic rings. The molecule has 112 valence electrons. The summed E-state index contributed by atoms with van der Waals surface area (Å²) in [6, 6.07) is 5.15. The first-order chi connectivity index (χ1) is 10.2. The number of hydrogen-bond donors (Lipinski definition) is 0. The van der Waals surface area contributed by atoms with Gasteiger partial charge in [0.15, 0.2) is 11.6 Å². The summed E-state index contributed by atoms with van der Waals surface area (Å²) >= 11 is 0. The summed E-state index contributed by atoms with van der Waals surface area (Å²) in [4.78, 5) is 15.8. The predicted octanol–water partition coefficient (Wildman–Crippen LogP) is 2.48. The van der Waals surface area contributed by atoms with Crippen LogP contribution >= 0.6 is 0 Å². The molecule has 0 fully saturated rings. The summed E-state index contributed by atoms with van der Waals surface area (Å²) in [5.41, 5.74) is 0.525. The van der Waals surface area contributed by atoms with Crippen molar-refractivity contribution in [1.29, 1.82) is 0 Å². The van der Waals surface area contributed by atoms with Gasteiger partial charge in [0.2, 0.25) is 0 Å². The van der Waals surface area contributed by atoms with Gasteiger partial charge < -0.3 is 9.47 Å². The number of aromatic nitrogens is 3. The number of nitrogens with zero attached hydrogens (tertiary/aromatic N) is 3. The Morgan fingerprint density at radius 1 is 1.38 bits per heavy atom. The van der Waals surface area contributed by atoms with Crippen molar-refractivity contribution in [2.45, 2.75) is 33.4 Å². The lowest BCUT2D eigenvalue weighted by atomic mass is 10.1. The molecule has 6 heteroatoms. The number of carbonyl (C=O) groups excluding carboxylic acids is 1. The Morgan fingerprint density at radius 2 is 2.19 bits per heavy atom. The number of ether oxygens (including phenoxy) is 2. The fourth-order valence-corrected chi connectivity index (χ4v) is 1.98. The maximum atomic E-state index is 11.6. The van der Waals surface area contributed by atoms with E-state index in [4.69, 9.17) is 9.47 Å². The lowest BCUT2D eigenvalue weighted by molar-refractivity contribution is 0.101. The number of Topliss-reactive ketones (excluding diaryl/α,β-unsaturated/α-hetero) is 1. The normalized spacial score (nSPS) is 10.4. The van der Waals surface area contributed by atoms with Crippen molar-refractivity contribution >= 4 is 5.78 Å². The summed E-state index contributed by atoms with van der Waals surface area (Å²) in [7, 11) is 1.57. The molecule has 21 heavy (non-hydrogen) atoms. The van der Waals surface area contributed by atoms with E-state index in [1.807, 2.05) is 0 Å². The number of benzene rings is 1. The Bertz CT molecular complexity index is 622. The van der Waals surface area contributed by atoms with Crippen LogP contribution in [-0.2, 0) is 13.2 Å². The van der Waals surface area contributed by atoms with Gasteiger partial charge in [-0.1, -0.05) is 6.92 Å². The molecule has 0 atom stereocenters. The number of ketones is 1. The number of carbonyl (C=O) groups is 1. The first-order valence-corrected chi connectivity index (χ1v) is 6.84. The molecular formula is C15H19N3O3. The van der Waals surface area contributed by atoms with E-state index in [2.05, 4.69) is 17.0 Å². The predicted molar refractivity (Wildman–Crippen MR) is 77.6 cm³/mol. The summed E-state index contributed by atoms with van der Waals surface area (Å²) in [6.45, 7) is 4.63. The summed E-state index contributed by atoms with van der Waals surface area (Å²) in [5.74, 6) is 1.81. The molecule has 1 aromatic heterocycles. The maximum Gasteiger partial charge on any atom is 0.164 e. The highest BCUT2D eigenvalue weighted by Gasteiger charge is 2.12. The minimum Gasteiger partial charge on any atom is -0.497 e. The van der Waals surface area contributed by atoms with Crippen LogP contribution in [0.4, 0.5) is 0 Å². The Hall–Kier alpha value is -2.37. The SMILES string of the molecule is CCCn1ncnc1COc1cc(OC)ccc1C(C)=O. The topological polar surface area (TPSA) is 66.2 Å². The van der Waals surface area contributed by atoms with E-state index in [0.29, 0.717) is 17.1 Å². The molecule has 2 aromatic rings. The van der Waals surface area contributed by atoms with Crippen molar-refractivity contribution in [3.8, 4) is 11.5 Å². The van der Waals surface area contributed by atoms with Crippen molar-refractivity contribution in [3.05, 3.63) is 35.9 Å². The fourth-order valence-electron chi connectivity index (χ4n) is 1.98. The van der Waals surface area contributed by atoms with Crippen LogP contribution in [0, 0.1) is 0 Å². The molecule has 0 unspecified atom stereocenters. The van der Waals surface area contributed by atoms with Gasteiger partial charge in [0.1, 0.15) is 24.4 Å². The molecule has 1 heterocycles. The maximum absolute atomic E-state index is 11.6. The molecule has 0 bridgehead atoms. The molecule has 1 aromatic carbocycles. The van der Waals surface area contributed by atoms with Crippen LogP contribution in [0.2, 0.25) is 0 Å². The highest BCUT2D eigenvalue weighted by atomic mass is 16.5. The molecule has 0 spiro atoms.